The monoisotopic (exact) mass is 254 g/mol. The van der Waals surface area contributed by atoms with Gasteiger partial charge in [0.2, 0.25) is 0 Å². The van der Waals surface area contributed by atoms with Crippen LogP contribution >= 0.6 is 11.6 Å². The summed E-state index contributed by atoms with van der Waals surface area (Å²) in [6, 6.07) is 5.71. The molecule has 2 N–H and O–H groups in total. The highest BCUT2D eigenvalue weighted by molar-refractivity contribution is 6.34. The second kappa shape index (κ2) is 5.27. The van der Waals surface area contributed by atoms with E-state index in [9.17, 15) is 4.79 Å². The van der Waals surface area contributed by atoms with Crippen LogP contribution in [0.1, 0.15) is 12.8 Å². The van der Waals surface area contributed by atoms with E-state index in [4.69, 9.17) is 16.7 Å². The van der Waals surface area contributed by atoms with Crippen molar-refractivity contribution in [1.82, 2.24) is 0 Å². The van der Waals surface area contributed by atoms with Gasteiger partial charge in [0.15, 0.2) is 0 Å². The Labute approximate surface area is 105 Å². The molecule has 0 saturated heterocycles. The SMILES string of the molecule is O=C(O)CCN1CCCNc2c(Cl)cccc21. The van der Waals surface area contributed by atoms with E-state index in [1.807, 2.05) is 18.2 Å². The predicted octanol–water partition coefficient (Wildman–Crippen LogP) is 2.44. The van der Waals surface area contributed by atoms with Crippen molar-refractivity contribution in [2.45, 2.75) is 12.8 Å². The minimum Gasteiger partial charge on any atom is -0.481 e. The second-order valence-corrected chi connectivity index (χ2v) is 4.45. The zero-order valence-corrected chi connectivity index (χ0v) is 10.2. The van der Waals surface area contributed by atoms with Gasteiger partial charge in [-0.25, -0.2) is 0 Å². The minimum atomic E-state index is -0.772. The Hall–Kier alpha value is -1.42. The van der Waals surface area contributed by atoms with Crippen LogP contribution in [0.15, 0.2) is 18.2 Å². The lowest BCUT2D eigenvalue weighted by atomic mass is 10.2. The lowest BCUT2D eigenvalue weighted by Gasteiger charge is -2.24. The van der Waals surface area contributed by atoms with Crippen LogP contribution in [0.5, 0.6) is 0 Å². The maximum Gasteiger partial charge on any atom is 0.305 e. The van der Waals surface area contributed by atoms with Gasteiger partial charge >= 0.3 is 5.97 Å². The Morgan fingerprint density at radius 3 is 3.12 bits per heavy atom. The number of carbonyl (C=O) groups is 1. The number of halogens is 1. The van der Waals surface area contributed by atoms with Crippen LogP contribution in [-0.2, 0) is 4.79 Å². The molecule has 4 nitrogen and oxygen atoms in total. The van der Waals surface area contributed by atoms with Crippen molar-refractivity contribution in [3.05, 3.63) is 23.2 Å². The molecule has 0 amide bonds. The number of carboxylic acid groups (broad SMARTS) is 1. The Morgan fingerprint density at radius 2 is 2.35 bits per heavy atom. The van der Waals surface area contributed by atoms with E-state index in [1.165, 1.54) is 0 Å². The molecule has 0 unspecified atom stereocenters. The number of aliphatic carboxylic acids is 1. The van der Waals surface area contributed by atoms with Crippen molar-refractivity contribution >= 4 is 28.9 Å². The van der Waals surface area contributed by atoms with Crippen molar-refractivity contribution in [2.24, 2.45) is 0 Å². The zero-order valence-electron chi connectivity index (χ0n) is 9.45. The van der Waals surface area contributed by atoms with Gasteiger partial charge in [-0.2, -0.15) is 0 Å². The number of rotatable bonds is 3. The number of anilines is 2. The molecule has 0 aliphatic carbocycles. The van der Waals surface area contributed by atoms with Crippen molar-refractivity contribution in [1.29, 1.82) is 0 Å². The Bertz CT molecular complexity index is 423. The number of para-hydroxylation sites is 1. The molecule has 0 bridgehead atoms. The van der Waals surface area contributed by atoms with Crippen LogP contribution in [0, 0.1) is 0 Å². The fourth-order valence-electron chi connectivity index (χ4n) is 2.02. The summed E-state index contributed by atoms with van der Waals surface area (Å²) in [4.78, 5) is 12.7. The van der Waals surface area contributed by atoms with E-state index in [2.05, 4.69) is 10.2 Å². The summed E-state index contributed by atoms with van der Waals surface area (Å²) in [5.41, 5.74) is 1.91. The Balaban J connectivity index is 2.24. The highest BCUT2D eigenvalue weighted by Crippen LogP contribution is 2.34. The number of carboxylic acids is 1. The minimum absolute atomic E-state index is 0.145. The molecule has 17 heavy (non-hydrogen) atoms. The summed E-state index contributed by atoms with van der Waals surface area (Å²) in [5.74, 6) is -0.772. The van der Waals surface area contributed by atoms with Gasteiger partial charge in [-0.15, -0.1) is 0 Å². The summed E-state index contributed by atoms with van der Waals surface area (Å²) >= 11 is 6.14. The first kappa shape index (κ1) is 12.0. The quantitative estimate of drug-likeness (QED) is 0.870. The van der Waals surface area contributed by atoms with Gasteiger partial charge in [-0.3, -0.25) is 4.79 Å². The third-order valence-corrected chi connectivity index (χ3v) is 3.15. The summed E-state index contributed by atoms with van der Waals surface area (Å²) in [5, 5.41) is 12.7. The molecule has 0 radical (unpaired) electrons. The lowest BCUT2D eigenvalue weighted by molar-refractivity contribution is -0.136. The summed E-state index contributed by atoms with van der Waals surface area (Å²) in [7, 11) is 0. The fourth-order valence-corrected chi connectivity index (χ4v) is 2.25. The smallest absolute Gasteiger partial charge is 0.305 e. The topological polar surface area (TPSA) is 52.6 Å². The number of benzene rings is 1. The van der Waals surface area contributed by atoms with Crippen LogP contribution in [0.25, 0.3) is 0 Å². The molecule has 2 rings (SSSR count). The standard InChI is InChI=1S/C12H15ClN2O2/c13-9-3-1-4-10-12(9)14-6-2-7-15(10)8-5-11(16)17/h1,3-4,14H,2,5-8H2,(H,16,17). The Kier molecular flexibility index (Phi) is 3.74. The van der Waals surface area contributed by atoms with E-state index in [1.54, 1.807) is 0 Å². The van der Waals surface area contributed by atoms with E-state index >= 15 is 0 Å². The average molecular weight is 255 g/mol. The third-order valence-electron chi connectivity index (χ3n) is 2.83. The fraction of sp³-hybridized carbons (Fsp3) is 0.417. The highest BCUT2D eigenvalue weighted by Gasteiger charge is 2.17. The largest absolute Gasteiger partial charge is 0.481 e. The number of hydrogen-bond donors (Lipinski definition) is 2. The first-order chi connectivity index (χ1) is 8.18. The summed E-state index contributed by atoms with van der Waals surface area (Å²) in [6.45, 7) is 2.23. The van der Waals surface area contributed by atoms with Crippen LogP contribution in [-0.4, -0.2) is 30.7 Å². The van der Waals surface area contributed by atoms with Gasteiger partial charge in [-0.1, -0.05) is 17.7 Å². The maximum absolute atomic E-state index is 10.6. The molecule has 0 fully saturated rings. The molecule has 0 aromatic heterocycles. The lowest BCUT2D eigenvalue weighted by Crippen LogP contribution is -2.26. The van der Waals surface area contributed by atoms with E-state index in [-0.39, 0.29) is 6.42 Å². The first-order valence-corrected chi connectivity index (χ1v) is 6.05. The normalized spacial score (nSPS) is 14.8. The molecule has 1 aliphatic heterocycles. The molecule has 92 valence electrons. The molecule has 1 heterocycles. The molecule has 1 aliphatic rings. The molecule has 0 saturated carbocycles. The van der Waals surface area contributed by atoms with Crippen LogP contribution < -0.4 is 10.2 Å². The van der Waals surface area contributed by atoms with Crippen LogP contribution in [0.4, 0.5) is 11.4 Å². The molecule has 0 spiro atoms. The molecule has 1 aromatic carbocycles. The van der Waals surface area contributed by atoms with Gasteiger partial charge in [0.25, 0.3) is 0 Å². The predicted molar refractivity (Wildman–Crippen MR) is 69.0 cm³/mol. The number of fused-ring (bicyclic) bond motifs is 1. The van der Waals surface area contributed by atoms with Gasteiger partial charge in [0.05, 0.1) is 22.8 Å². The maximum atomic E-state index is 10.6. The average Bonchev–Trinajstić information content (AvgIpc) is 2.50. The number of nitrogens with zero attached hydrogens (tertiary/aromatic N) is 1. The van der Waals surface area contributed by atoms with Crippen molar-refractivity contribution in [3.8, 4) is 0 Å². The summed E-state index contributed by atoms with van der Waals surface area (Å²) in [6.07, 6.45) is 1.12. The van der Waals surface area contributed by atoms with Gasteiger partial charge in [0.1, 0.15) is 0 Å². The molecule has 5 heteroatoms. The van der Waals surface area contributed by atoms with E-state index in [0.717, 1.165) is 30.9 Å². The number of hydrogen-bond acceptors (Lipinski definition) is 3. The van der Waals surface area contributed by atoms with Crippen molar-refractivity contribution in [3.63, 3.8) is 0 Å². The molecular formula is C12H15ClN2O2. The molecule has 0 atom stereocenters. The molecule has 1 aromatic rings. The Morgan fingerprint density at radius 1 is 1.53 bits per heavy atom. The zero-order chi connectivity index (χ0) is 12.3. The third kappa shape index (κ3) is 2.82. The van der Waals surface area contributed by atoms with E-state index < -0.39 is 5.97 Å². The van der Waals surface area contributed by atoms with Crippen molar-refractivity contribution < 1.29 is 9.90 Å². The first-order valence-electron chi connectivity index (χ1n) is 5.67. The number of nitrogens with one attached hydrogen (secondary N) is 1. The second-order valence-electron chi connectivity index (χ2n) is 4.05. The van der Waals surface area contributed by atoms with Crippen molar-refractivity contribution in [2.75, 3.05) is 29.9 Å². The van der Waals surface area contributed by atoms with Gasteiger partial charge < -0.3 is 15.3 Å². The van der Waals surface area contributed by atoms with Gasteiger partial charge in [-0.05, 0) is 18.6 Å². The van der Waals surface area contributed by atoms with Crippen LogP contribution in [0.2, 0.25) is 5.02 Å². The van der Waals surface area contributed by atoms with Gasteiger partial charge in [0, 0.05) is 19.6 Å². The molecular weight excluding hydrogens is 240 g/mol. The summed E-state index contributed by atoms with van der Waals surface area (Å²) < 4.78 is 0. The van der Waals surface area contributed by atoms with E-state index in [0.29, 0.717) is 11.6 Å². The van der Waals surface area contributed by atoms with Crippen LogP contribution in [0.3, 0.4) is 0 Å². The highest BCUT2D eigenvalue weighted by atomic mass is 35.5.